The molecule has 0 bridgehead atoms. The first kappa shape index (κ1) is 8.29. The van der Waals surface area contributed by atoms with Gasteiger partial charge in [-0.1, -0.05) is 0 Å². The van der Waals surface area contributed by atoms with Crippen LogP contribution in [0.5, 0.6) is 0 Å². The molecule has 0 aromatic heterocycles. The van der Waals surface area contributed by atoms with Crippen molar-refractivity contribution in [2.45, 2.75) is 0 Å². The molecule has 50 valence electrons. The highest BCUT2D eigenvalue weighted by Gasteiger charge is 2.24. The van der Waals surface area contributed by atoms with Crippen LogP contribution in [0, 0.1) is 0 Å². The number of halogens is 1. The van der Waals surface area contributed by atoms with Crippen molar-refractivity contribution < 1.29 is 31.1 Å². The molecule has 0 aliphatic carbocycles. The molecule has 1 rings (SSSR count). The quantitative estimate of drug-likeness (QED) is 0.398. The highest BCUT2D eigenvalue weighted by atomic mass is 79.9. The van der Waals surface area contributed by atoms with E-state index in [1.165, 1.54) is 17.8 Å². The minimum absolute atomic E-state index is 0. The molecule has 9 heavy (non-hydrogen) atoms. The Labute approximate surface area is 62.3 Å². The highest BCUT2D eigenvalue weighted by molar-refractivity contribution is 6.31. The predicted molar refractivity (Wildman–Crippen MR) is 25.8 cm³/mol. The van der Waals surface area contributed by atoms with Gasteiger partial charge in [0.2, 0.25) is 0 Å². The third-order valence-corrected chi connectivity index (χ3v) is 0.861. The lowest BCUT2D eigenvalue weighted by atomic mass is 10.7. The van der Waals surface area contributed by atoms with Crippen molar-refractivity contribution in [2.75, 3.05) is 7.05 Å². The Hall–Kier alpha value is -0.710. The fraction of sp³-hybridized carbons (Fsp3) is 0.250. The second kappa shape index (κ2) is 2.72. The number of rotatable bonds is 0. The zero-order valence-electron chi connectivity index (χ0n) is 4.72. The van der Waals surface area contributed by atoms with Crippen LogP contribution in [0.1, 0.15) is 0 Å². The first-order chi connectivity index (χ1) is 3.70. The smallest absolute Gasteiger partial charge is 0.498 e. The van der Waals surface area contributed by atoms with Crippen LogP contribution in [-0.4, -0.2) is 29.8 Å². The molecule has 1 aliphatic rings. The van der Waals surface area contributed by atoms with Gasteiger partial charge in [-0.25, -0.2) is 4.79 Å². The van der Waals surface area contributed by atoms with Crippen LogP contribution < -0.4 is 22.3 Å². The molecule has 0 radical (unpaired) electrons. The number of carbonyl (C=O) groups excluding carboxylic acids is 2. The molecule has 0 atom stereocenters. The van der Waals surface area contributed by atoms with Crippen molar-refractivity contribution in [1.29, 1.82) is 0 Å². The normalized spacial score (nSPS) is 16.3. The number of imide groups is 1. The molecular weight excluding hydrogens is 188 g/mol. The van der Waals surface area contributed by atoms with E-state index in [4.69, 9.17) is 0 Å². The van der Waals surface area contributed by atoms with Gasteiger partial charge in [-0.05, 0) is 0 Å². The van der Waals surface area contributed by atoms with Crippen LogP contribution >= 0.6 is 0 Å². The summed E-state index contributed by atoms with van der Waals surface area (Å²) in [6.45, 7) is 0. The highest BCUT2D eigenvalue weighted by Crippen LogP contribution is 1.78. The van der Waals surface area contributed by atoms with Gasteiger partial charge in [0.25, 0.3) is 0 Å². The number of amides is 3. The average Bonchev–Trinajstić information content (AvgIpc) is 1.85. The number of hydrogen-bond acceptors (Lipinski definition) is 2. The van der Waals surface area contributed by atoms with Gasteiger partial charge < -0.3 is 17.0 Å². The summed E-state index contributed by atoms with van der Waals surface area (Å²) in [7, 11) is 1.51. The largest absolute Gasteiger partial charge is 1.00 e. The fourth-order valence-corrected chi connectivity index (χ4v) is 0.460. The minimum Gasteiger partial charge on any atom is -1.00 e. The third-order valence-electron chi connectivity index (χ3n) is 0.861. The molecule has 1 aliphatic heterocycles. The summed E-state index contributed by atoms with van der Waals surface area (Å²) in [4.78, 5) is 20.6. The number of nitrogens with one attached hydrogen (secondary N) is 1. The van der Waals surface area contributed by atoms with E-state index in [2.05, 4.69) is 5.32 Å². The summed E-state index contributed by atoms with van der Waals surface area (Å²) < 4.78 is 1.20. The molecule has 0 aromatic carbocycles. The van der Waals surface area contributed by atoms with Crippen molar-refractivity contribution in [3.05, 3.63) is 0 Å². The monoisotopic (exact) mass is 192 g/mol. The predicted octanol–water partition coefficient (Wildman–Crippen LogP) is -4.05. The second-order valence-electron chi connectivity index (χ2n) is 1.53. The van der Waals surface area contributed by atoms with Crippen LogP contribution in [0.25, 0.3) is 0 Å². The summed E-state index contributed by atoms with van der Waals surface area (Å²) in [6, 6.07) is -0.366. The molecule has 5 heteroatoms. The Kier molecular flexibility index (Phi) is 2.51. The van der Waals surface area contributed by atoms with Crippen LogP contribution in [0.3, 0.4) is 0 Å². The van der Waals surface area contributed by atoms with E-state index in [1.807, 2.05) is 0 Å². The lowest BCUT2D eigenvalue weighted by molar-refractivity contribution is -0.381. The van der Waals surface area contributed by atoms with Gasteiger partial charge in [-0.3, -0.25) is 0 Å². The van der Waals surface area contributed by atoms with Crippen LogP contribution in [0.15, 0.2) is 0 Å². The molecule has 3 amide bonds. The summed E-state index contributed by atoms with van der Waals surface area (Å²) in [6.07, 6.45) is 1.20. The van der Waals surface area contributed by atoms with Crippen molar-refractivity contribution >= 4 is 18.2 Å². The lowest BCUT2D eigenvalue weighted by Gasteiger charge is -1.77. The van der Waals surface area contributed by atoms with Crippen LogP contribution in [0.2, 0.25) is 0 Å². The Morgan fingerprint density at radius 3 is 2.22 bits per heavy atom. The maximum Gasteiger partial charge on any atom is 0.498 e. The van der Waals surface area contributed by atoms with E-state index in [1.54, 1.807) is 0 Å². The van der Waals surface area contributed by atoms with E-state index in [0.717, 1.165) is 0 Å². The van der Waals surface area contributed by atoms with E-state index >= 15 is 0 Å². The third kappa shape index (κ3) is 1.60. The van der Waals surface area contributed by atoms with E-state index in [-0.39, 0.29) is 28.9 Å². The van der Waals surface area contributed by atoms with Gasteiger partial charge in [-0.2, -0.15) is 14.7 Å². The van der Waals surface area contributed by atoms with Gasteiger partial charge in [-0.15, -0.1) is 0 Å². The summed E-state index contributed by atoms with van der Waals surface area (Å²) in [5.74, 6) is -0.350. The molecule has 1 heterocycles. The molecular formula is C4H5BrN2O2. The Morgan fingerprint density at radius 2 is 2.11 bits per heavy atom. The van der Waals surface area contributed by atoms with Crippen molar-refractivity contribution in [2.24, 2.45) is 0 Å². The second-order valence-corrected chi connectivity index (χ2v) is 1.53. The standard InChI is InChI=1S/C4H4N2O2.BrH/c1-6-2-3(7)5-4(6)8;/h2H,1H3;1H. The zero-order chi connectivity index (χ0) is 6.15. The van der Waals surface area contributed by atoms with Gasteiger partial charge in [0.15, 0.2) is 6.21 Å². The van der Waals surface area contributed by atoms with Crippen LogP contribution in [-0.2, 0) is 4.79 Å². The van der Waals surface area contributed by atoms with Gasteiger partial charge in [0.1, 0.15) is 0 Å². The first-order valence-corrected chi connectivity index (χ1v) is 2.13. The van der Waals surface area contributed by atoms with Gasteiger partial charge in [0, 0.05) is 0 Å². The van der Waals surface area contributed by atoms with Crippen molar-refractivity contribution in [3.8, 4) is 0 Å². The summed E-state index contributed by atoms with van der Waals surface area (Å²) >= 11 is 0. The molecule has 0 unspecified atom stereocenters. The number of nitrogens with zero attached hydrogens (tertiary/aromatic N) is 1. The zero-order valence-corrected chi connectivity index (χ0v) is 6.31. The first-order valence-electron chi connectivity index (χ1n) is 2.13. The van der Waals surface area contributed by atoms with Gasteiger partial charge >= 0.3 is 11.9 Å². The van der Waals surface area contributed by atoms with Gasteiger partial charge in [0.05, 0.1) is 7.05 Å². The van der Waals surface area contributed by atoms with E-state index in [0.29, 0.717) is 0 Å². The van der Waals surface area contributed by atoms with Crippen molar-refractivity contribution in [1.82, 2.24) is 5.32 Å². The van der Waals surface area contributed by atoms with E-state index in [9.17, 15) is 9.59 Å². The maximum atomic E-state index is 10.3. The Morgan fingerprint density at radius 1 is 1.56 bits per heavy atom. The SMILES string of the molecule is C[N+]1=CC(=O)NC1=O.[Br-]. The molecule has 0 fully saturated rings. The average molecular weight is 193 g/mol. The summed E-state index contributed by atoms with van der Waals surface area (Å²) in [5, 5.41) is 2.06. The molecule has 1 N–H and O–H groups in total. The molecule has 0 spiro atoms. The summed E-state index contributed by atoms with van der Waals surface area (Å²) in [5.41, 5.74) is 0. The number of hydrogen-bond donors (Lipinski definition) is 1. The molecule has 0 aromatic rings. The topological polar surface area (TPSA) is 49.2 Å². The number of urea groups is 1. The van der Waals surface area contributed by atoms with Crippen molar-refractivity contribution in [3.63, 3.8) is 0 Å². The molecule has 0 saturated carbocycles. The van der Waals surface area contributed by atoms with E-state index < -0.39 is 0 Å². The molecule has 0 saturated heterocycles. The fourth-order valence-electron chi connectivity index (χ4n) is 0.460. The number of carbonyl (C=O) groups is 2. The maximum absolute atomic E-state index is 10.3. The molecule has 4 nitrogen and oxygen atoms in total. The minimum atomic E-state index is -0.366. The lowest BCUT2D eigenvalue weighted by Crippen LogP contribution is -3.00. The Bertz CT molecular complexity index is 187. The van der Waals surface area contributed by atoms with Crippen LogP contribution in [0.4, 0.5) is 4.79 Å². The Balaban J connectivity index is 0.000000640.